The van der Waals surface area contributed by atoms with E-state index < -0.39 is 8.08 Å². The molecule has 0 rings (SSSR count). The highest BCUT2D eigenvalue weighted by atomic mass is 29.2. The van der Waals surface area contributed by atoms with Crippen LogP contribution in [-0.4, -0.2) is 31.3 Å². The van der Waals surface area contributed by atoms with Crippen LogP contribution in [-0.2, 0) is 8.85 Å². The van der Waals surface area contributed by atoms with Crippen molar-refractivity contribution in [1.82, 2.24) is 0 Å². The predicted molar refractivity (Wildman–Crippen MR) is 40.0 cm³/mol. The van der Waals surface area contributed by atoms with Gasteiger partial charge in [-0.25, -0.2) is 0 Å². The Kier molecular flexibility index (Phi) is 3.54. The molecule has 0 amide bonds. The van der Waals surface area contributed by atoms with Crippen LogP contribution in [0.3, 0.4) is 0 Å². The average molecular weight is 150 g/mol. The predicted octanol–water partition coefficient (Wildman–Crippen LogP) is 0.0648. The average Bonchev–Trinajstić information content (AvgIpc) is 1.87. The summed E-state index contributed by atoms with van der Waals surface area (Å²) in [5, 5.41) is 0. The second kappa shape index (κ2) is 3.39. The van der Waals surface area contributed by atoms with E-state index in [9.17, 15) is 0 Å². The van der Waals surface area contributed by atoms with Gasteiger partial charge < -0.3 is 8.85 Å². The van der Waals surface area contributed by atoms with Crippen molar-refractivity contribution in [3.63, 3.8) is 0 Å². The fourth-order valence-electron chi connectivity index (χ4n) is 0.372. The minimum absolute atomic E-state index is 0.0741. The fourth-order valence-corrected chi connectivity index (χ4v) is 2.85. The van der Waals surface area contributed by atoms with Crippen LogP contribution in [0.2, 0.25) is 13.1 Å². The Labute approximate surface area is 54.1 Å². The number of hydrogen-bond acceptors (Lipinski definition) is 2. The van der Waals surface area contributed by atoms with Gasteiger partial charge in [0.05, 0.1) is 9.04 Å². The van der Waals surface area contributed by atoms with E-state index in [0.717, 1.165) is 0 Å². The van der Waals surface area contributed by atoms with Crippen LogP contribution in [0.4, 0.5) is 0 Å². The lowest BCUT2D eigenvalue weighted by molar-refractivity contribution is 0.272. The molecule has 0 aromatic rings. The summed E-state index contributed by atoms with van der Waals surface area (Å²) in [5.41, 5.74) is 0. The van der Waals surface area contributed by atoms with Gasteiger partial charge in [0.1, 0.15) is 0 Å². The van der Waals surface area contributed by atoms with Gasteiger partial charge in [-0.15, -0.1) is 0 Å². The molecule has 0 aromatic heterocycles. The van der Waals surface area contributed by atoms with Crippen LogP contribution in [0.25, 0.3) is 0 Å². The van der Waals surface area contributed by atoms with Crippen molar-refractivity contribution >= 4 is 17.1 Å². The molecule has 0 aliphatic heterocycles. The molecule has 0 fully saturated rings. The van der Waals surface area contributed by atoms with Crippen molar-refractivity contribution in [2.45, 2.75) is 13.1 Å². The quantitative estimate of drug-likeness (QED) is 0.530. The van der Waals surface area contributed by atoms with Crippen molar-refractivity contribution in [3.05, 3.63) is 0 Å². The Morgan fingerprint density at radius 2 is 1.62 bits per heavy atom. The van der Waals surface area contributed by atoms with Crippen LogP contribution >= 0.6 is 0 Å². The third kappa shape index (κ3) is 2.08. The molecule has 4 heteroatoms. The zero-order valence-electron chi connectivity index (χ0n) is 6.02. The molecule has 50 valence electrons. The normalized spacial score (nSPS) is 13.5. The molecule has 0 spiro atoms. The molecule has 0 heterocycles. The first-order valence-corrected chi connectivity index (χ1v) is 8.84. The molecule has 0 aromatic carbocycles. The molecule has 2 nitrogen and oxygen atoms in total. The molecule has 8 heavy (non-hydrogen) atoms. The lowest BCUT2D eigenvalue weighted by Crippen LogP contribution is -2.42. The molecule has 0 saturated heterocycles. The second-order valence-electron chi connectivity index (χ2n) is 1.90. The SMILES string of the molecule is CO[Si](C)(OC)[SiH2]C. The third-order valence-electron chi connectivity index (χ3n) is 1.51. The summed E-state index contributed by atoms with van der Waals surface area (Å²) >= 11 is 0. The van der Waals surface area contributed by atoms with Crippen LogP contribution in [0, 0.1) is 0 Å². The van der Waals surface area contributed by atoms with Crippen LogP contribution in [0.5, 0.6) is 0 Å². The first-order valence-electron chi connectivity index (χ1n) is 2.79. The van der Waals surface area contributed by atoms with E-state index in [0.29, 0.717) is 0 Å². The summed E-state index contributed by atoms with van der Waals surface area (Å²) in [7, 11) is 1.88. The third-order valence-corrected chi connectivity index (χ3v) is 10.1. The summed E-state index contributed by atoms with van der Waals surface area (Å²) in [6.07, 6.45) is 0. The summed E-state index contributed by atoms with van der Waals surface area (Å²) in [6, 6.07) is 0. The molecule has 0 unspecified atom stereocenters. The molecule has 0 atom stereocenters. The highest BCUT2D eigenvalue weighted by Crippen LogP contribution is 1.99. The van der Waals surface area contributed by atoms with Gasteiger partial charge >= 0.3 is 8.08 Å². The van der Waals surface area contributed by atoms with Crippen molar-refractivity contribution in [1.29, 1.82) is 0 Å². The van der Waals surface area contributed by atoms with Crippen LogP contribution in [0.15, 0.2) is 0 Å². The molecule has 0 bridgehead atoms. The Balaban J connectivity index is 3.58. The van der Waals surface area contributed by atoms with E-state index in [2.05, 4.69) is 13.1 Å². The van der Waals surface area contributed by atoms with Crippen molar-refractivity contribution in [2.24, 2.45) is 0 Å². The lowest BCUT2D eigenvalue weighted by atomic mass is 11.8. The maximum atomic E-state index is 5.21. The summed E-state index contributed by atoms with van der Waals surface area (Å²) < 4.78 is 10.4. The topological polar surface area (TPSA) is 18.5 Å². The fraction of sp³-hybridized carbons (Fsp3) is 1.00. The van der Waals surface area contributed by atoms with Gasteiger partial charge in [0.25, 0.3) is 0 Å². The monoisotopic (exact) mass is 150 g/mol. The van der Waals surface area contributed by atoms with E-state index in [4.69, 9.17) is 8.85 Å². The molecule has 0 N–H and O–H groups in total. The van der Waals surface area contributed by atoms with E-state index >= 15 is 0 Å². The minimum Gasteiger partial charge on any atom is -0.401 e. The maximum absolute atomic E-state index is 5.21. The number of rotatable bonds is 3. The smallest absolute Gasteiger partial charge is 0.304 e. The highest BCUT2D eigenvalue weighted by Gasteiger charge is 2.24. The van der Waals surface area contributed by atoms with Gasteiger partial charge in [0, 0.05) is 14.2 Å². The minimum atomic E-state index is -1.53. The van der Waals surface area contributed by atoms with E-state index in [-0.39, 0.29) is 9.04 Å². The molecule has 0 radical (unpaired) electrons. The Bertz CT molecular complexity index is 54.8. The molecule has 0 aliphatic carbocycles. The largest absolute Gasteiger partial charge is 0.401 e. The van der Waals surface area contributed by atoms with Gasteiger partial charge in [-0.3, -0.25) is 0 Å². The standard InChI is InChI=1S/C4H14O2Si2/c1-5-8(4,6-2)7-3/h7H2,1-4H3. The molecular weight excluding hydrogens is 136 g/mol. The van der Waals surface area contributed by atoms with Gasteiger partial charge in [-0.1, -0.05) is 6.55 Å². The first kappa shape index (κ1) is 8.35. The summed E-state index contributed by atoms with van der Waals surface area (Å²) in [6.45, 7) is 4.33. The molecule has 0 saturated carbocycles. The maximum Gasteiger partial charge on any atom is 0.304 e. The van der Waals surface area contributed by atoms with Crippen LogP contribution in [0.1, 0.15) is 0 Å². The lowest BCUT2D eigenvalue weighted by Gasteiger charge is -2.20. The van der Waals surface area contributed by atoms with Gasteiger partial charge in [-0.05, 0) is 6.55 Å². The van der Waals surface area contributed by atoms with E-state index in [1.807, 2.05) is 0 Å². The van der Waals surface area contributed by atoms with Crippen molar-refractivity contribution < 1.29 is 8.85 Å². The molecular formula is C4H14O2Si2. The van der Waals surface area contributed by atoms with Crippen molar-refractivity contribution in [2.75, 3.05) is 14.2 Å². The van der Waals surface area contributed by atoms with Gasteiger partial charge in [0.15, 0.2) is 0 Å². The summed E-state index contributed by atoms with van der Waals surface area (Å²) in [4.78, 5) is 0. The highest BCUT2D eigenvalue weighted by molar-refractivity contribution is 7.16. The Hall–Kier alpha value is 0.354. The van der Waals surface area contributed by atoms with Gasteiger partial charge in [0.2, 0.25) is 0 Å². The Morgan fingerprint density at radius 1 is 1.25 bits per heavy atom. The zero-order valence-corrected chi connectivity index (χ0v) is 8.44. The zero-order chi connectivity index (χ0) is 6.62. The molecule has 0 aliphatic rings. The number of hydrogen-bond donors (Lipinski definition) is 0. The second-order valence-corrected chi connectivity index (χ2v) is 11.7. The van der Waals surface area contributed by atoms with E-state index in [1.165, 1.54) is 0 Å². The van der Waals surface area contributed by atoms with Crippen molar-refractivity contribution in [3.8, 4) is 0 Å². The summed E-state index contributed by atoms with van der Waals surface area (Å²) in [5.74, 6) is 0. The van der Waals surface area contributed by atoms with Crippen LogP contribution < -0.4 is 0 Å². The van der Waals surface area contributed by atoms with E-state index in [1.54, 1.807) is 14.2 Å². The Morgan fingerprint density at radius 3 is 1.62 bits per heavy atom. The first-order chi connectivity index (χ1) is 3.68. The van der Waals surface area contributed by atoms with Gasteiger partial charge in [-0.2, -0.15) is 0 Å².